The van der Waals surface area contributed by atoms with Crippen molar-refractivity contribution < 1.29 is 28.7 Å². The standard InChI is InChI=1S/C36H29Cl2N3O7S2/c1-2-47-35(45)16-6-9-19(10-7-16)41-33(43)28-21-14-22(29(28)34(41)44)30-27(21)26(31-32(49-30)40-36(46)50-31)17-4-3-5-20(12-17)48-15-25(42)39-18-8-11-23(37)24(38)13-18/h3-13,21-22,26-30H,2,14-15H2,1H3,(H,39,42)(H,40,46)/t21-,22-,26+,27-,28+,29+,30-/m1/s1. The largest absolute Gasteiger partial charge is 0.484 e. The zero-order chi connectivity index (χ0) is 34.8. The second kappa shape index (κ2) is 12.9. The van der Waals surface area contributed by atoms with Gasteiger partial charge in [-0.25, -0.2) is 4.79 Å². The number of anilines is 2. The van der Waals surface area contributed by atoms with Crippen molar-refractivity contribution in [3.8, 4) is 5.75 Å². The number of esters is 1. The van der Waals surface area contributed by atoms with E-state index in [0.29, 0.717) is 32.7 Å². The molecule has 14 heteroatoms. The van der Waals surface area contributed by atoms with Crippen molar-refractivity contribution in [2.75, 3.05) is 23.4 Å². The second-order valence-corrected chi connectivity index (χ2v) is 15.8. The van der Waals surface area contributed by atoms with Crippen LogP contribution in [-0.4, -0.2) is 47.1 Å². The van der Waals surface area contributed by atoms with Crippen LogP contribution >= 0.6 is 46.3 Å². The first-order valence-corrected chi connectivity index (χ1v) is 18.6. The van der Waals surface area contributed by atoms with E-state index in [0.717, 1.165) is 21.9 Å². The number of nitrogens with one attached hydrogen (secondary N) is 2. The molecule has 2 N–H and O–H groups in total. The number of benzene rings is 3. The average molecular weight is 751 g/mol. The van der Waals surface area contributed by atoms with Crippen molar-refractivity contribution in [1.82, 2.24) is 4.98 Å². The summed E-state index contributed by atoms with van der Waals surface area (Å²) >= 11 is 14.8. The summed E-state index contributed by atoms with van der Waals surface area (Å²) in [5.74, 6) is -2.11. The number of carbonyl (C=O) groups is 4. The maximum Gasteiger partial charge on any atom is 0.338 e. The van der Waals surface area contributed by atoms with Crippen molar-refractivity contribution >= 4 is 81.4 Å². The summed E-state index contributed by atoms with van der Waals surface area (Å²) in [4.78, 5) is 70.8. The Morgan fingerprint density at radius 1 is 0.960 bits per heavy atom. The van der Waals surface area contributed by atoms with Gasteiger partial charge in [0.2, 0.25) is 11.8 Å². The molecule has 3 heterocycles. The van der Waals surface area contributed by atoms with Crippen molar-refractivity contribution in [1.29, 1.82) is 0 Å². The third-order valence-corrected chi connectivity index (χ3v) is 13.5. The van der Waals surface area contributed by atoms with Gasteiger partial charge in [-0.3, -0.25) is 24.1 Å². The lowest BCUT2D eigenvalue weighted by Gasteiger charge is -2.43. The Kier molecular flexibility index (Phi) is 8.53. The van der Waals surface area contributed by atoms with E-state index in [4.69, 9.17) is 32.7 Å². The van der Waals surface area contributed by atoms with E-state index in [9.17, 15) is 24.0 Å². The number of rotatable bonds is 8. The van der Waals surface area contributed by atoms with Gasteiger partial charge in [0.25, 0.3) is 5.91 Å². The predicted octanol–water partition coefficient (Wildman–Crippen LogP) is 6.62. The molecular weight excluding hydrogens is 721 g/mol. The number of hydrogen-bond acceptors (Lipinski definition) is 9. The van der Waals surface area contributed by atoms with Gasteiger partial charge in [-0.2, -0.15) is 0 Å². The highest BCUT2D eigenvalue weighted by Crippen LogP contribution is 2.68. The molecule has 3 aromatic carbocycles. The number of hydrogen-bond donors (Lipinski definition) is 2. The third kappa shape index (κ3) is 5.53. The summed E-state index contributed by atoms with van der Waals surface area (Å²) < 4.78 is 11.0. The zero-order valence-corrected chi connectivity index (χ0v) is 29.5. The molecule has 2 aliphatic heterocycles. The molecule has 8 rings (SSSR count). The van der Waals surface area contributed by atoms with Crippen LogP contribution in [0.5, 0.6) is 5.75 Å². The third-order valence-electron chi connectivity index (χ3n) is 10.2. The van der Waals surface area contributed by atoms with Crippen molar-refractivity contribution in [2.24, 2.45) is 29.6 Å². The van der Waals surface area contributed by atoms with E-state index in [1.54, 1.807) is 67.2 Å². The van der Waals surface area contributed by atoms with E-state index in [2.05, 4.69) is 10.3 Å². The number of thioether (sulfide) groups is 1. The van der Waals surface area contributed by atoms with Crippen LogP contribution in [-0.2, 0) is 19.1 Å². The summed E-state index contributed by atoms with van der Waals surface area (Å²) in [7, 11) is 0. The summed E-state index contributed by atoms with van der Waals surface area (Å²) in [6.45, 7) is 1.72. The highest BCUT2D eigenvalue weighted by molar-refractivity contribution is 8.00. The van der Waals surface area contributed by atoms with Gasteiger partial charge in [-0.05, 0) is 91.3 Å². The topological polar surface area (TPSA) is 135 Å². The second-order valence-electron chi connectivity index (χ2n) is 12.8. The number of carbonyl (C=O) groups excluding carboxylic acids is 4. The molecule has 2 bridgehead atoms. The molecule has 0 spiro atoms. The van der Waals surface area contributed by atoms with E-state index >= 15 is 0 Å². The lowest BCUT2D eigenvalue weighted by Crippen LogP contribution is -2.42. The minimum absolute atomic E-state index is 0.00782. The normalized spacial score (nSPS) is 26.0. The first-order valence-electron chi connectivity index (χ1n) is 16.1. The van der Waals surface area contributed by atoms with Gasteiger partial charge in [0.1, 0.15) is 5.75 Å². The monoisotopic (exact) mass is 749 g/mol. The zero-order valence-electron chi connectivity index (χ0n) is 26.4. The van der Waals surface area contributed by atoms with Crippen molar-refractivity contribution in [2.45, 2.75) is 29.5 Å². The lowest BCUT2D eigenvalue weighted by atomic mass is 9.68. The molecule has 4 aromatic rings. The van der Waals surface area contributed by atoms with Gasteiger partial charge >= 0.3 is 10.8 Å². The minimum atomic E-state index is -0.483. The number of ether oxygens (including phenoxy) is 2. The molecule has 0 unspecified atom stereocenters. The Labute approximate surface area is 304 Å². The molecule has 7 atom stereocenters. The maximum absolute atomic E-state index is 14.1. The number of nitrogens with zero attached hydrogens (tertiary/aromatic N) is 1. The fraction of sp³-hybridized carbons (Fsp3) is 0.306. The van der Waals surface area contributed by atoms with E-state index in [1.807, 2.05) is 18.2 Å². The maximum atomic E-state index is 14.1. The molecule has 1 saturated heterocycles. The fourth-order valence-electron chi connectivity index (χ4n) is 8.32. The number of aromatic amines is 1. The van der Waals surface area contributed by atoms with Crippen LogP contribution in [0.3, 0.4) is 0 Å². The predicted molar refractivity (Wildman–Crippen MR) is 190 cm³/mol. The summed E-state index contributed by atoms with van der Waals surface area (Å²) in [5.41, 5.74) is 2.18. The number of thiazole rings is 1. The van der Waals surface area contributed by atoms with Crippen LogP contribution in [0.2, 0.25) is 10.0 Å². The fourth-order valence-corrected chi connectivity index (χ4v) is 11.5. The number of amides is 3. The van der Waals surface area contributed by atoms with Crippen molar-refractivity contribution in [3.63, 3.8) is 0 Å². The molecular formula is C36H29Cl2N3O7S2. The summed E-state index contributed by atoms with van der Waals surface area (Å²) in [5, 5.41) is 4.25. The minimum Gasteiger partial charge on any atom is -0.484 e. The van der Waals surface area contributed by atoms with Crippen LogP contribution in [0.25, 0.3) is 0 Å². The van der Waals surface area contributed by atoms with E-state index in [-0.39, 0.29) is 64.7 Å². The molecule has 1 aromatic heterocycles. The highest BCUT2D eigenvalue weighted by Gasteiger charge is 2.69. The molecule has 3 amide bonds. The molecule has 3 fully saturated rings. The van der Waals surface area contributed by atoms with Gasteiger partial charge in [0.15, 0.2) is 6.61 Å². The molecule has 2 saturated carbocycles. The van der Waals surface area contributed by atoms with Gasteiger partial charge in [-0.15, -0.1) is 11.8 Å². The van der Waals surface area contributed by atoms with Crippen LogP contribution in [0, 0.1) is 29.6 Å². The lowest BCUT2D eigenvalue weighted by molar-refractivity contribution is -0.123. The number of fused-ring (bicyclic) bond motifs is 9. The molecule has 10 nitrogen and oxygen atoms in total. The van der Waals surface area contributed by atoms with Gasteiger partial charge < -0.3 is 19.8 Å². The number of aromatic nitrogens is 1. The highest BCUT2D eigenvalue weighted by atomic mass is 35.5. The Morgan fingerprint density at radius 2 is 1.72 bits per heavy atom. The number of halogens is 2. The molecule has 0 radical (unpaired) electrons. The molecule has 2 aliphatic carbocycles. The molecule has 256 valence electrons. The molecule has 4 aliphatic rings. The van der Waals surface area contributed by atoms with E-state index in [1.165, 1.54) is 16.2 Å². The quantitative estimate of drug-likeness (QED) is 0.152. The number of imide groups is 1. The van der Waals surface area contributed by atoms with Gasteiger partial charge in [-0.1, -0.05) is 46.7 Å². The average Bonchev–Trinajstić information content (AvgIpc) is 3.84. The summed E-state index contributed by atoms with van der Waals surface area (Å²) in [6, 6.07) is 18.7. The van der Waals surface area contributed by atoms with Crippen LogP contribution in [0.15, 0.2) is 76.6 Å². The molecule has 50 heavy (non-hydrogen) atoms. The SMILES string of the molecule is CCOC(=O)c1ccc(N2C(=O)[C@H]3[C@H]4C[C@@H]([C@@H]3C2=O)[C@@H]2[C@H](c3cccc(OCC(=O)Nc5ccc(Cl)c(Cl)c5)c3)c3sc(=O)[nH]c3S[C@H]42)cc1. The first kappa shape index (κ1) is 33.1. The summed E-state index contributed by atoms with van der Waals surface area (Å²) in [6.07, 6.45) is 0.742. The van der Waals surface area contributed by atoms with Crippen LogP contribution in [0.4, 0.5) is 11.4 Å². The van der Waals surface area contributed by atoms with Crippen LogP contribution < -0.4 is 19.8 Å². The van der Waals surface area contributed by atoms with Crippen molar-refractivity contribution in [3.05, 3.63) is 102 Å². The Bertz CT molecular complexity index is 2120. The Morgan fingerprint density at radius 3 is 2.46 bits per heavy atom. The van der Waals surface area contributed by atoms with Gasteiger partial charge in [0.05, 0.1) is 44.8 Å². The van der Waals surface area contributed by atoms with Gasteiger partial charge in [0, 0.05) is 21.7 Å². The Balaban J connectivity index is 1.06. The van der Waals surface area contributed by atoms with E-state index < -0.39 is 17.8 Å². The number of H-pyrrole nitrogens is 1. The first-order chi connectivity index (χ1) is 24.1. The Hall–Kier alpha value is -4.10. The van der Waals surface area contributed by atoms with Crippen LogP contribution in [0.1, 0.15) is 40.1 Å². The smallest absolute Gasteiger partial charge is 0.338 e.